The Kier molecular flexibility index (Phi) is 5.49. The van der Waals surface area contributed by atoms with E-state index in [1.165, 1.54) is 16.0 Å². The minimum absolute atomic E-state index is 0.393. The maximum absolute atomic E-state index is 10.2. The third kappa shape index (κ3) is 3.83. The molecule has 0 bridgehead atoms. The van der Waals surface area contributed by atoms with Crippen molar-refractivity contribution < 1.29 is 5.11 Å². The van der Waals surface area contributed by atoms with E-state index in [2.05, 4.69) is 29.8 Å². The van der Waals surface area contributed by atoms with Crippen molar-refractivity contribution in [2.75, 3.05) is 33.2 Å². The van der Waals surface area contributed by atoms with Crippen molar-refractivity contribution in [1.82, 2.24) is 9.80 Å². The van der Waals surface area contributed by atoms with Crippen LogP contribution in [0.1, 0.15) is 18.1 Å². The maximum atomic E-state index is 10.2. The zero-order chi connectivity index (χ0) is 16.4. The second-order valence-corrected chi connectivity index (χ2v) is 8.85. The highest BCUT2D eigenvalue weighted by Crippen LogP contribution is 2.37. The summed E-state index contributed by atoms with van der Waals surface area (Å²) >= 11 is 5.44. The van der Waals surface area contributed by atoms with Crippen molar-refractivity contribution in [2.24, 2.45) is 0 Å². The Balaban J connectivity index is 1.86. The highest BCUT2D eigenvalue weighted by molar-refractivity contribution is 7.80. The first-order valence-corrected chi connectivity index (χ1v) is 10.5. The molecule has 23 heavy (non-hydrogen) atoms. The van der Waals surface area contributed by atoms with Crippen LogP contribution in [0.15, 0.2) is 18.2 Å². The Labute approximate surface area is 150 Å². The molecule has 0 spiro atoms. The number of aromatic hydroxyl groups is 1. The quantitative estimate of drug-likeness (QED) is 0.647. The van der Waals surface area contributed by atoms with E-state index in [-0.39, 0.29) is 0 Å². The minimum Gasteiger partial charge on any atom is -0.508 e. The summed E-state index contributed by atoms with van der Waals surface area (Å²) in [5.74, 6) is 0.393. The molecule has 0 atom stereocenters. The van der Waals surface area contributed by atoms with Crippen LogP contribution in [0, 0.1) is 3.82 Å². The molecular weight excluding hydrogens is 344 g/mol. The topological polar surface area (TPSA) is 26.7 Å². The van der Waals surface area contributed by atoms with Gasteiger partial charge in [0.05, 0.1) is 4.88 Å². The molecule has 1 aliphatic rings. The molecule has 3 rings (SSSR count). The van der Waals surface area contributed by atoms with Crippen LogP contribution in [-0.2, 0) is 13.0 Å². The predicted octanol–water partition coefficient (Wildman–Crippen LogP) is 4.22. The van der Waals surface area contributed by atoms with Gasteiger partial charge >= 0.3 is 0 Å². The summed E-state index contributed by atoms with van der Waals surface area (Å²) in [5, 5.41) is 10.2. The van der Waals surface area contributed by atoms with Gasteiger partial charge in [0.2, 0.25) is 0 Å². The van der Waals surface area contributed by atoms with E-state index in [1.54, 1.807) is 20.7 Å². The normalized spacial score (nSPS) is 16.8. The summed E-state index contributed by atoms with van der Waals surface area (Å²) in [6.07, 6.45) is 0.961. The van der Waals surface area contributed by atoms with Gasteiger partial charge in [0.1, 0.15) is 9.57 Å². The molecule has 1 N–H and O–H groups in total. The van der Waals surface area contributed by atoms with Crippen LogP contribution in [-0.4, -0.2) is 48.1 Å². The summed E-state index contributed by atoms with van der Waals surface area (Å²) in [5.41, 5.74) is 3.46. The first kappa shape index (κ1) is 17.0. The van der Waals surface area contributed by atoms with E-state index in [0.29, 0.717) is 5.75 Å². The summed E-state index contributed by atoms with van der Waals surface area (Å²) in [7, 11) is 5.58. The van der Waals surface area contributed by atoms with Gasteiger partial charge in [-0.1, -0.05) is 39.8 Å². The molecule has 2 heterocycles. The molecule has 0 aliphatic carbocycles. The van der Waals surface area contributed by atoms with Crippen molar-refractivity contribution in [3.8, 4) is 16.2 Å². The third-order valence-electron chi connectivity index (χ3n) is 4.41. The highest BCUT2D eigenvalue weighted by atomic mass is 32.9. The molecule has 1 fully saturated rings. The van der Waals surface area contributed by atoms with Crippen LogP contribution in [0.4, 0.5) is 0 Å². The van der Waals surface area contributed by atoms with Crippen LogP contribution < -0.4 is 0 Å². The Morgan fingerprint density at radius 1 is 1.17 bits per heavy atom. The molecule has 124 valence electrons. The van der Waals surface area contributed by atoms with Crippen LogP contribution in [0.5, 0.6) is 5.75 Å². The fourth-order valence-corrected chi connectivity index (χ4v) is 6.03. The first-order chi connectivity index (χ1) is 11.1. The molecule has 0 saturated carbocycles. The number of rotatable bonds is 4. The predicted molar refractivity (Wildman–Crippen MR) is 102 cm³/mol. The van der Waals surface area contributed by atoms with Gasteiger partial charge in [0.15, 0.2) is 0 Å². The molecule has 1 aliphatic heterocycles. The van der Waals surface area contributed by atoms with Crippen molar-refractivity contribution in [3.63, 3.8) is 0 Å². The average molecular weight is 367 g/mol. The Hall–Kier alpha value is -0.790. The van der Waals surface area contributed by atoms with Gasteiger partial charge in [0, 0.05) is 38.3 Å². The van der Waals surface area contributed by atoms with Crippen LogP contribution >= 0.6 is 32.9 Å². The van der Waals surface area contributed by atoms with Gasteiger partial charge in [0.25, 0.3) is 0 Å². The third-order valence-corrected chi connectivity index (χ3v) is 7.60. The van der Waals surface area contributed by atoms with Gasteiger partial charge < -0.3 is 10.0 Å². The van der Waals surface area contributed by atoms with Crippen molar-refractivity contribution >= 4 is 32.9 Å². The maximum Gasteiger partial charge on any atom is 0.120 e. The Bertz CT molecular complexity index is 730. The molecule has 1 saturated heterocycles. The molecular formula is C17H22N2OS3. The van der Waals surface area contributed by atoms with Gasteiger partial charge in [-0.2, -0.15) is 0 Å². The highest BCUT2D eigenvalue weighted by Gasteiger charge is 2.17. The Morgan fingerprint density at radius 3 is 2.61 bits per heavy atom. The van der Waals surface area contributed by atoms with Crippen molar-refractivity contribution in [1.29, 1.82) is 0 Å². The number of phenols is 1. The molecule has 0 amide bonds. The van der Waals surface area contributed by atoms with E-state index < -0.39 is 0 Å². The lowest BCUT2D eigenvalue weighted by atomic mass is 10.0. The first-order valence-electron chi connectivity index (χ1n) is 7.93. The lowest BCUT2D eigenvalue weighted by Gasteiger charge is -2.32. The molecule has 6 heteroatoms. The lowest BCUT2D eigenvalue weighted by molar-refractivity contribution is 0.147. The van der Waals surface area contributed by atoms with Gasteiger partial charge in [-0.05, 0) is 42.8 Å². The largest absolute Gasteiger partial charge is 0.508 e. The van der Waals surface area contributed by atoms with E-state index in [4.69, 9.17) is 12.2 Å². The number of phenolic OH excluding ortho intramolecular Hbond substituents is 1. The fourth-order valence-electron chi connectivity index (χ4n) is 2.90. The monoisotopic (exact) mass is 366 g/mol. The number of hydrogen-bond donors (Lipinski definition) is 1. The van der Waals surface area contributed by atoms with Crippen molar-refractivity contribution in [2.45, 2.75) is 19.9 Å². The number of likely N-dealkylation sites (N-methyl/N-ethyl adjacent to an activating group) is 1. The molecule has 1 aromatic heterocycles. The SMILES string of the molecule is CCc1c(-c2ccc(O)c(CN3CCN(C)CC3)c2)ssc1=S. The van der Waals surface area contributed by atoms with Crippen LogP contribution in [0.3, 0.4) is 0 Å². The fraction of sp³-hybridized carbons (Fsp3) is 0.471. The van der Waals surface area contributed by atoms with E-state index in [0.717, 1.165) is 48.5 Å². The van der Waals surface area contributed by atoms with Crippen molar-refractivity contribution in [3.05, 3.63) is 33.1 Å². The van der Waals surface area contributed by atoms with Gasteiger partial charge in [-0.25, -0.2) is 0 Å². The number of nitrogens with zero attached hydrogens (tertiary/aromatic N) is 2. The number of hydrogen-bond acceptors (Lipinski definition) is 6. The van der Waals surface area contributed by atoms with E-state index in [1.807, 2.05) is 12.1 Å². The molecule has 3 nitrogen and oxygen atoms in total. The molecule has 2 aromatic rings. The van der Waals surface area contributed by atoms with Gasteiger partial charge in [-0.15, -0.1) is 0 Å². The van der Waals surface area contributed by atoms with Gasteiger partial charge in [-0.3, -0.25) is 4.90 Å². The van der Waals surface area contributed by atoms with E-state index >= 15 is 0 Å². The van der Waals surface area contributed by atoms with E-state index in [9.17, 15) is 5.11 Å². The van der Waals surface area contributed by atoms with Crippen LogP contribution in [0.25, 0.3) is 10.4 Å². The molecule has 0 unspecified atom stereocenters. The number of benzene rings is 1. The standard InChI is InChI=1S/C17H22N2OS3/c1-3-14-16(22-23-17(14)21)12-4-5-15(20)13(10-12)11-19-8-6-18(2)7-9-19/h4-5,10,20H,3,6-9,11H2,1-2H3. The number of piperazine rings is 1. The van der Waals surface area contributed by atoms with Crippen LogP contribution in [0.2, 0.25) is 0 Å². The lowest BCUT2D eigenvalue weighted by Crippen LogP contribution is -2.43. The summed E-state index contributed by atoms with van der Waals surface area (Å²) in [6, 6.07) is 5.98. The molecule has 1 aromatic carbocycles. The summed E-state index contributed by atoms with van der Waals surface area (Å²) in [6.45, 7) is 7.25. The zero-order valence-corrected chi connectivity index (χ0v) is 16.0. The molecule has 0 radical (unpaired) electrons. The second-order valence-electron chi connectivity index (χ2n) is 6.04. The zero-order valence-electron chi connectivity index (χ0n) is 13.5. The summed E-state index contributed by atoms with van der Waals surface area (Å²) in [4.78, 5) is 6.02. The average Bonchev–Trinajstić information content (AvgIpc) is 2.92. The minimum atomic E-state index is 0.393. The Morgan fingerprint density at radius 2 is 1.91 bits per heavy atom. The second kappa shape index (κ2) is 7.40. The summed E-state index contributed by atoms with van der Waals surface area (Å²) < 4.78 is 1.00. The smallest absolute Gasteiger partial charge is 0.120 e.